The van der Waals surface area contributed by atoms with Crippen molar-refractivity contribution in [2.75, 3.05) is 13.6 Å². The van der Waals surface area contributed by atoms with Crippen LogP contribution >= 0.6 is 0 Å². The number of nitrogens with one attached hydrogen (secondary N) is 1. The predicted octanol–water partition coefficient (Wildman–Crippen LogP) is 3.44. The van der Waals surface area contributed by atoms with Crippen LogP contribution in [-0.4, -0.2) is 34.0 Å². The van der Waals surface area contributed by atoms with E-state index in [0.29, 0.717) is 19.0 Å². The Morgan fingerprint density at radius 1 is 1.24 bits per heavy atom. The molecule has 0 amide bonds. The largest absolute Gasteiger partial charge is 0.357 e. The lowest BCUT2D eigenvalue weighted by Gasteiger charge is -2.22. The van der Waals surface area contributed by atoms with Gasteiger partial charge in [0.05, 0.1) is 0 Å². The molecule has 0 aliphatic heterocycles. The predicted molar refractivity (Wildman–Crippen MR) is 95.6 cm³/mol. The van der Waals surface area contributed by atoms with Gasteiger partial charge in [0.25, 0.3) is 0 Å². The van der Waals surface area contributed by atoms with Gasteiger partial charge in [-0.05, 0) is 24.5 Å². The Labute approximate surface area is 147 Å². The highest BCUT2D eigenvalue weighted by Crippen LogP contribution is 2.13. The fraction of sp³-hybridized carbons (Fsp3) is 0.444. The van der Waals surface area contributed by atoms with E-state index in [9.17, 15) is 8.78 Å². The summed E-state index contributed by atoms with van der Waals surface area (Å²) in [6, 6.07) is 8.43. The van der Waals surface area contributed by atoms with Gasteiger partial charge in [-0.3, -0.25) is 4.57 Å². The van der Waals surface area contributed by atoms with E-state index in [1.165, 1.54) is 23.5 Å². The third kappa shape index (κ3) is 5.27. The summed E-state index contributed by atoms with van der Waals surface area (Å²) in [6.45, 7) is 2.96. The Balaban J connectivity index is 2.08. The highest BCUT2D eigenvalue weighted by atomic mass is 19.3. The molecule has 1 N–H and O–H groups in total. The van der Waals surface area contributed by atoms with Crippen LogP contribution in [0.4, 0.5) is 8.78 Å². The molecule has 1 aromatic carbocycles. The number of nitrogens with zero attached hydrogens (tertiary/aromatic N) is 4. The number of hydrogen-bond acceptors (Lipinski definition) is 2. The van der Waals surface area contributed by atoms with Gasteiger partial charge in [0, 0.05) is 32.5 Å². The van der Waals surface area contributed by atoms with Crippen molar-refractivity contribution in [2.45, 2.75) is 39.9 Å². The Hall–Kier alpha value is -2.44. The van der Waals surface area contributed by atoms with Gasteiger partial charge >= 0.3 is 6.55 Å². The lowest BCUT2D eigenvalue weighted by Crippen LogP contribution is -2.38. The van der Waals surface area contributed by atoms with Crippen molar-refractivity contribution in [3.8, 4) is 0 Å². The first-order valence-corrected chi connectivity index (χ1v) is 8.42. The summed E-state index contributed by atoms with van der Waals surface area (Å²) >= 11 is 0. The minimum absolute atomic E-state index is 0.0960. The van der Waals surface area contributed by atoms with Gasteiger partial charge in [0.2, 0.25) is 0 Å². The number of guanidine groups is 1. The van der Waals surface area contributed by atoms with Gasteiger partial charge in [0.1, 0.15) is 12.4 Å². The fourth-order valence-corrected chi connectivity index (χ4v) is 2.49. The van der Waals surface area contributed by atoms with Gasteiger partial charge in [-0.15, -0.1) is 0 Å². The van der Waals surface area contributed by atoms with E-state index in [1.54, 1.807) is 0 Å². The molecule has 0 saturated carbocycles. The molecule has 0 saturated heterocycles. The van der Waals surface area contributed by atoms with Crippen molar-refractivity contribution >= 4 is 5.96 Å². The molecule has 25 heavy (non-hydrogen) atoms. The minimum Gasteiger partial charge on any atom is -0.357 e. The van der Waals surface area contributed by atoms with Crippen LogP contribution < -0.4 is 5.32 Å². The van der Waals surface area contributed by atoms with E-state index in [-0.39, 0.29) is 12.4 Å². The zero-order valence-corrected chi connectivity index (χ0v) is 14.9. The standard InChI is InChI=1S/C18H25F2N5/c1-4-14-6-8-15(9-7-14)13-24(3)18(21-5-2)23-12-16-22-10-11-25(16)17(19)20/h6-11,17H,4-5,12-13H2,1-3H3,(H,21,23). The van der Waals surface area contributed by atoms with Crippen LogP contribution in [0, 0.1) is 0 Å². The van der Waals surface area contributed by atoms with Crippen LogP contribution in [0.5, 0.6) is 0 Å². The van der Waals surface area contributed by atoms with Crippen LogP contribution in [-0.2, 0) is 19.5 Å². The van der Waals surface area contributed by atoms with Crippen molar-refractivity contribution in [2.24, 2.45) is 4.99 Å². The molecule has 0 bridgehead atoms. The second kappa shape index (κ2) is 9.15. The molecule has 136 valence electrons. The number of imidazole rings is 1. The third-order valence-corrected chi connectivity index (χ3v) is 3.88. The van der Waals surface area contributed by atoms with Crippen molar-refractivity contribution in [3.05, 3.63) is 53.6 Å². The van der Waals surface area contributed by atoms with Crippen LogP contribution in [0.1, 0.15) is 37.3 Å². The summed E-state index contributed by atoms with van der Waals surface area (Å²) in [4.78, 5) is 10.4. The van der Waals surface area contributed by atoms with Crippen molar-refractivity contribution in [1.82, 2.24) is 19.8 Å². The molecule has 0 atom stereocenters. The summed E-state index contributed by atoms with van der Waals surface area (Å²) in [5.41, 5.74) is 2.46. The summed E-state index contributed by atoms with van der Waals surface area (Å²) in [7, 11) is 1.93. The van der Waals surface area contributed by atoms with Crippen LogP contribution in [0.3, 0.4) is 0 Å². The Morgan fingerprint density at radius 2 is 1.92 bits per heavy atom. The maximum Gasteiger partial charge on any atom is 0.319 e. The number of halogens is 2. The van der Waals surface area contributed by atoms with Gasteiger partial charge in [-0.1, -0.05) is 31.2 Å². The second-order valence-corrected chi connectivity index (χ2v) is 5.72. The van der Waals surface area contributed by atoms with Crippen molar-refractivity contribution < 1.29 is 8.78 Å². The quantitative estimate of drug-likeness (QED) is 0.615. The maximum absolute atomic E-state index is 12.9. The lowest BCUT2D eigenvalue weighted by atomic mass is 10.1. The van der Waals surface area contributed by atoms with Gasteiger partial charge in [-0.2, -0.15) is 8.78 Å². The molecule has 1 heterocycles. The number of aliphatic imine (C=N–C) groups is 1. The molecule has 0 unspecified atom stereocenters. The molecule has 0 radical (unpaired) electrons. The first kappa shape index (κ1) is 18.9. The molecule has 0 fully saturated rings. The summed E-state index contributed by atoms with van der Waals surface area (Å²) in [6.07, 6.45) is 3.64. The number of aromatic nitrogens is 2. The van der Waals surface area contributed by atoms with E-state index in [2.05, 4.69) is 46.5 Å². The van der Waals surface area contributed by atoms with Gasteiger partial charge in [0.15, 0.2) is 5.96 Å². The van der Waals surface area contributed by atoms with Crippen LogP contribution in [0.15, 0.2) is 41.7 Å². The Morgan fingerprint density at radius 3 is 2.52 bits per heavy atom. The first-order chi connectivity index (χ1) is 12.0. The average molecular weight is 349 g/mol. The molecule has 5 nitrogen and oxygen atoms in total. The molecule has 2 aromatic rings. The normalized spacial score (nSPS) is 11.8. The zero-order chi connectivity index (χ0) is 18.2. The number of rotatable bonds is 7. The molecular weight excluding hydrogens is 324 g/mol. The van der Waals surface area contributed by atoms with Crippen LogP contribution in [0.2, 0.25) is 0 Å². The number of hydrogen-bond donors (Lipinski definition) is 1. The van der Waals surface area contributed by atoms with Gasteiger partial charge in [-0.25, -0.2) is 9.98 Å². The first-order valence-electron chi connectivity index (χ1n) is 8.42. The van der Waals surface area contributed by atoms with E-state index in [1.807, 2.05) is 18.9 Å². The molecule has 0 aliphatic rings. The monoisotopic (exact) mass is 349 g/mol. The van der Waals surface area contributed by atoms with Crippen LogP contribution in [0.25, 0.3) is 0 Å². The molecule has 0 spiro atoms. The molecule has 1 aromatic heterocycles. The molecular formula is C18H25F2N5. The summed E-state index contributed by atoms with van der Waals surface area (Å²) in [5.74, 6) is 0.900. The molecule has 0 aliphatic carbocycles. The number of aryl methyl sites for hydroxylation is 1. The zero-order valence-electron chi connectivity index (χ0n) is 14.9. The third-order valence-electron chi connectivity index (χ3n) is 3.88. The summed E-state index contributed by atoms with van der Waals surface area (Å²) in [5, 5.41) is 3.19. The van der Waals surface area contributed by atoms with E-state index < -0.39 is 6.55 Å². The minimum atomic E-state index is -2.61. The lowest BCUT2D eigenvalue weighted by molar-refractivity contribution is 0.0671. The van der Waals surface area contributed by atoms with E-state index >= 15 is 0 Å². The SMILES string of the molecule is CCNC(=NCc1nccn1C(F)F)N(C)Cc1ccc(CC)cc1. The maximum atomic E-state index is 12.9. The van der Waals surface area contributed by atoms with Gasteiger partial charge < -0.3 is 10.2 Å². The molecule has 2 rings (SSSR count). The summed E-state index contributed by atoms with van der Waals surface area (Å²) < 4.78 is 26.6. The fourth-order valence-electron chi connectivity index (χ4n) is 2.49. The topological polar surface area (TPSA) is 45.5 Å². The van der Waals surface area contributed by atoms with E-state index in [4.69, 9.17) is 0 Å². The van der Waals surface area contributed by atoms with E-state index in [0.717, 1.165) is 11.0 Å². The highest BCUT2D eigenvalue weighted by molar-refractivity contribution is 5.79. The average Bonchev–Trinajstić information content (AvgIpc) is 3.08. The Bertz CT molecular complexity index is 679. The smallest absolute Gasteiger partial charge is 0.319 e. The second-order valence-electron chi connectivity index (χ2n) is 5.72. The number of benzene rings is 1. The highest BCUT2D eigenvalue weighted by Gasteiger charge is 2.12. The van der Waals surface area contributed by atoms with Crippen molar-refractivity contribution in [3.63, 3.8) is 0 Å². The Kier molecular flexibility index (Phi) is 6.91. The van der Waals surface area contributed by atoms with Crippen molar-refractivity contribution in [1.29, 1.82) is 0 Å². The molecule has 7 heteroatoms. The number of alkyl halides is 2.